The fraction of sp³-hybridized carbons (Fsp3) is 0.333. The maximum absolute atomic E-state index is 12.4. The van der Waals surface area contributed by atoms with Gasteiger partial charge in [0.05, 0.1) is 17.6 Å². The van der Waals surface area contributed by atoms with Crippen LogP contribution >= 0.6 is 11.6 Å². The van der Waals surface area contributed by atoms with Gasteiger partial charge in [-0.25, -0.2) is 13.2 Å². The van der Waals surface area contributed by atoms with Crippen molar-refractivity contribution in [1.29, 1.82) is 0 Å². The summed E-state index contributed by atoms with van der Waals surface area (Å²) in [6, 6.07) is 2.40. The van der Waals surface area contributed by atoms with Gasteiger partial charge in [-0.2, -0.15) is 4.31 Å². The molecule has 0 atom stereocenters. The second-order valence-electron chi connectivity index (χ2n) is 4.23. The molecule has 0 aliphatic carbocycles. The van der Waals surface area contributed by atoms with Gasteiger partial charge in [0.25, 0.3) is 0 Å². The molecule has 7 nitrogen and oxygen atoms in total. The molecule has 1 aromatic carbocycles. The van der Waals surface area contributed by atoms with Crippen LogP contribution in [-0.2, 0) is 19.6 Å². The molecule has 9 heteroatoms. The topological polar surface area (TPSA) is 101 Å². The van der Waals surface area contributed by atoms with E-state index in [1.165, 1.54) is 13.0 Å². The SMILES string of the molecule is COC(=O)c1cc(Cl)c(C)c(S(=O)(=O)N(C)CC(=O)O)c1. The molecule has 0 saturated carbocycles. The van der Waals surface area contributed by atoms with Crippen LogP contribution in [0.2, 0.25) is 5.02 Å². The Balaban J connectivity index is 3.44. The Bertz CT molecular complexity index is 685. The van der Waals surface area contributed by atoms with E-state index >= 15 is 0 Å². The van der Waals surface area contributed by atoms with E-state index in [4.69, 9.17) is 16.7 Å². The van der Waals surface area contributed by atoms with Crippen molar-refractivity contribution in [2.24, 2.45) is 0 Å². The summed E-state index contributed by atoms with van der Waals surface area (Å²) in [5.41, 5.74) is 0.192. The van der Waals surface area contributed by atoms with Crippen LogP contribution in [0.4, 0.5) is 0 Å². The third-order valence-corrected chi connectivity index (χ3v) is 5.09. The molecule has 0 aromatic heterocycles. The van der Waals surface area contributed by atoms with Crippen molar-refractivity contribution in [3.63, 3.8) is 0 Å². The number of hydrogen-bond acceptors (Lipinski definition) is 5. The highest BCUT2D eigenvalue weighted by Gasteiger charge is 2.27. The Morgan fingerprint density at radius 1 is 1.38 bits per heavy atom. The van der Waals surface area contributed by atoms with Gasteiger partial charge in [-0.3, -0.25) is 4.79 Å². The van der Waals surface area contributed by atoms with Crippen LogP contribution in [0.3, 0.4) is 0 Å². The molecular weight excluding hydrogens is 322 g/mol. The first kappa shape index (κ1) is 17.4. The molecule has 0 radical (unpaired) electrons. The molecule has 0 aliphatic rings. The summed E-state index contributed by atoms with van der Waals surface area (Å²) in [4.78, 5) is 21.9. The van der Waals surface area contributed by atoms with E-state index < -0.39 is 28.5 Å². The number of carbonyl (C=O) groups excluding carboxylic acids is 1. The third kappa shape index (κ3) is 3.72. The molecule has 0 fully saturated rings. The number of carboxylic acid groups (broad SMARTS) is 1. The number of hydrogen-bond donors (Lipinski definition) is 1. The van der Waals surface area contributed by atoms with Crippen LogP contribution in [0, 0.1) is 6.92 Å². The highest BCUT2D eigenvalue weighted by atomic mass is 35.5. The number of rotatable bonds is 5. The highest BCUT2D eigenvalue weighted by Crippen LogP contribution is 2.27. The number of carboxylic acids is 1. The summed E-state index contributed by atoms with van der Waals surface area (Å²) in [5, 5.41) is 8.76. The van der Waals surface area contributed by atoms with E-state index in [0.29, 0.717) is 4.31 Å². The molecule has 0 bridgehead atoms. The normalized spacial score (nSPS) is 11.5. The van der Waals surface area contributed by atoms with Crippen molar-refractivity contribution < 1.29 is 27.9 Å². The molecule has 0 unspecified atom stereocenters. The first-order valence-electron chi connectivity index (χ1n) is 5.67. The first-order valence-corrected chi connectivity index (χ1v) is 7.49. The lowest BCUT2D eigenvalue weighted by Crippen LogP contribution is -2.32. The van der Waals surface area contributed by atoms with E-state index in [2.05, 4.69) is 4.74 Å². The minimum atomic E-state index is -4.09. The van der Waals surface area contributed by atoms with Gasteiger partial charge in [-0.05, 0) is 24.6 Å². The number of esters is 1. The highest BCUT2D eigenvalue weighted by molar-refractivity contribution is 7.89. The predicted molar refractivity (Wildman–Crippen MR) is 75.0 cm³/mol. The van der Waals surface area contributed by atoms with Crippen LogP contribution in [-0.4, -0.2) is 50.5 Å². The zero-order chi connectivity index (χ0) is 16.4. The number of benzene rings is 1. The monoisotopic (exact) mass is 335 g/mol. The number of likely N-dealkylation sites (N-methyl/N-ethyl adjacent to an activating group) is 1. The molecule has 0 spiro atoms. The van der Waals surface area contributed by atoms with Crippen LogP contribution in [0.25, 0.3) is 0 Å². The molecule has 1 N–H and O–H groups in total. The summed E-state index contributed by atoms with van der Waals surface area (Å²) in [5.74, 6) is -2.04. The van der Waals surface area contributed by atoms with Gasteiger partial charge in [0.1, 0.15) is 6.54 Å². The van der Waals surface area contributed by atoms with Crippen molar-refractivity contribution in [2.45, 2.75) is 11.8 Å². The Morgan fingerprint density at radius 2 is 1.95 bits per heavy atom. The van der Waals surface area contributed by atoms with E-state index in [9.17, 15) is 18.0 Å². The van der Waals surface area contributed by atoms with Crippen LogP contribution in [0.15, 0.2) is 17.0 Å². The Labute approximate surface area is 127 Å². The fourth-order valence-corrected chi connectivity index (χ4v) is 3.26. The molecule has 0 aliphatic heterocycles. The molecule has 21 heavy (non-hydrogen) atoms. The average Bonchev–Trinajstić information content (AvgIpc) is 2.39. The predicted octanol–water partition coefficient (Wildman–Crippen LogP) is 1.14. The van der Waals surface area contributed by atoms with Crippen molar-refractivity contribution in [3.8, 4) is 0 Å². The summed E-state index contributed by atoms with van der Waals surface area (Å²) < 4.78 is 29.9. The second-order valence-corrected chi connectivity index (χ2v) is 6.65. The molecule has 1 aromatic rings. The van der Waals surface area contributed by atoms with Crippen molar-refractivity contribution >= 4 is 33.6 Å². The van der Waals surface area contributed by atoms with E-state index in [0.717, 1.165) is 20.2 Å². The first-order chi connectivity index (χ1) is 9.61. The number of ether oxygens (including phenoxy) is 1. The molecule has 0 amide bonds. The fourth-order valence-electron chi connectivity index (χ4n) is 1.60. The van der Waals surface area contributed by atoms with Crippen molar-refractivity contribution in [3.05, 3.63) is 28.3 Å². The quantitative estimate of drug-likeness (QED) is 0.810. The number of sulfonamides is 1. The number of halogens is 1. The van der Waals surface area contributed by atoms with Crippen LogP contribution < -0.4 is 0 Å². The molecule has 116 valence electrons. The molecule has 1 rings (SSSR count). The maximum Gasteiger partial charge on any atom is 0.337 e. The van der Waals surface area contributed by atoms with Crippen molar-refractivity contribution in [1.82, 2.24) is 4.31 Å². The molecule has 0 heterocycles. The minimum absolute atomic E-state index is 0.0320. The minimum Gasteiger partial charge on any atom is -0.480 e. The zero-order valence-electron chi connectivity index (χ0n) is 11.6. The Kier molecular flexibility index (Phi) is 5.32. The van der Waals surface area contributed by atoms with Gasteiger partial charge >= 0.3 is 11.9 Å². The number of aliphatic carboxylic acids is 1. The Hall–Kier alpha value is -1.64. The van der Waals surface area contributed by atoms with Gasteiger partial charge < -0.3 is 9.84 Å². The third-order valence-electron chi connectivity index (χ3n) is 2.76. The summed E-state index contributed by atoms with van der Waals surface area (Å²) in [6.07, 6.45) is 0. The lowest BCUT2D eigenvalue weighted by atomic mass is 10.1. The average molecular weight is 336 g/mol. The second kappa shape index (κ2) is 6.42. The number of methoxy groups -OCH3 is 1. The van der Waals surface area contributed by atoms with E-state index in [1.54, 1.807) is 0 Å². The lowest BCUT2D eigenvalue weighted by Gasteiger charge is -2.17. The zero-order valence-corrected chi connectivity index (χ0v) is 13.2. The lowest BCUT2D eigenvalue weighted by molar-refractivity contribution is -0.137. The Morgan fingerprint density at radius 3 is 2.43 bits per heavy atom. The summed E-state index contributed by atoms with van der Waals surface area (Å²) in [6.45, 7) is 0.757. The summed E-state index contributed by atoms with van der Waals surface area (Å²) in [7, 11) is -1.81. The van der Waals surface area contributed by atoms with Gasteiger partial charge in [0.15, 0.2) is 0 Å². The molecule has 0 saturated heterocycles. The van der Waals surface area contributed by atoms with Gasteiger partial charge in [0, 0.05) is 12.1 Å². The van der Waals surface area contributed by atoms with Crippen LogP contribution in [0.1, 0.15) is 15.9 Å². The molecular formula is C12H14ClNO6S. The van der Waals surface area contributed by atoms with Crippen LogP contribution in [0.5, 0.6) is 0 Å². The smallest absolute Gasteiger partial charge is 0.337 e. The van der Waals surface area contributed by atoms with E-state index in [-0.39, 0.29) is 21.0 Å². The number of carbonyl (C=O) groups is 2. The summed E-state index contributed by atoms with van der Waals surface area (Å²) >= 11 is 5.93. The largest absolute Gasteiger partial charge is 0.480 e. The maximum atomic E-state index is 12.4. The van der Waals surface area contributed by atoms with E-state index in [1.807, 2.05) is 0 Å². The van der Waals surface area contributed by atoms with Crippen molar-refractivity contribution in [2.75, 3.05) is 20.7 Å². The standard InChI is InChI=1S/C12H14ClNO6S/c1-7-9(13)4-8(12(17)20-3)5-10(7)21(18,19)14(2)6-11(15)16/h4-5H,6H2,1-3H3,(H,15,16). The van der Waals surface area contributed by atoms with Gasteiger partial charge in [0.2, 0.25) is 10.0 Å². The number of nitrogens with zero attached hydrogens (tertiary/aromatic N) is 1. The van der Waals surface area contributed by atoms with Gasteiger partial charge in [-0.1, -0.05) is 11.6 Å². The van der Waals surface area contributed by atoms with Gasteiger partial charge in [-0.15, -0.1) is 0 Å².